The quantitative estimate of drug-likeness (QED) is 0.710. The number of hydrogen-bond acceptors (Lipinski definition) is 1. The standard InChI is InChI=1S/C15H18N2.C2H6/c1-10-4-5-15-13(6-10)8-16-17(15)9-14-7-11(2)12(14)3;1-2/h4-6,8,14H,7,9H2,1-3H3;1-2H3. The van der Waals surface area contributed by atoms with Crippen molar-refractivity contribution in [3.8, 4) is 0 Å². The van der Waals surface area contributed by atoms with Gasteiger partial charge in [0.25, 0.3) is 0 Å². The largest absolute Gasteiger partial charge is 0.264 e. The number of rotatable bonds is 2. The van der Waals surface area contributed by atoms with E-state index in [2.05, 4.69) is 48.8 Å². The zero-order valence-electron chi connectivity index (χ0n) is 12.7. The van der Waals surface area contributed by atoms with Gasteiger partial charge in [0.15, 0.2) is 0 Å². The summed E-state index contributed by atoms with van der Waals surface area (Å²) in [5, 5.41) is 5.76. The van der Waals surface area contributed by atoms with Gasteiger partial charge in [-0.25, -0.2) is 0 Å². The summed E-state index contributed by atoms with van der Waals surface area (Å²) in [7, 11) is 0. The monoisotopic (exact) mass is 256 g/mol. The van der Waals surface area contributed by atoms with Crippen LogP contribution in [0.4, 0.5) is 0 Å². The Morgan fingerprint density at radius 3 is 2.58 bits per heavy atom. The van der Waals surface area contributed by atoms with E-state index in [0.29, 0.717) is 5.92 Å². The minimum atomic E-state index is 0.694. The first-order chi connectivity index (χ1) is 9.15. The van der Waals surface area contributed by atoms with Gasteiger partial charge in [0.05, 0.1) is 11.7 Å². The highest BCUT2D eigenvalue weighted by atomic mass is 15.3. The molecule has 2 nitrogen and oxygen atoms in total. The molecule has 1 aromatic carbocycles. The van der Waals surface area contributed by atoms with Gasteiger partial charge in [0, 0.05) is 17.8 Å². The third kappa shape index (κ3) is 2.58. The molecule has 102 valence electrons. The molecule has 0 N–H and O–H groups in total. The van der Waals surface area contributed by atoms with Crippen molar-refractivity contribution in [2.45, 2.75) is 47.6 Å². The topological polar surface area (TPSA) is 17.8 Å². The molecule has 1 aliphatic carbocycles. The number of hydrogen-bond donors (Lipinski definition) is 0. The molecule has 0 spiro atoms. The molecule has 19 heavy (non-hydrogen) atoms. The van der Waals surface area contributed by atoms with Crippen LogP contribution in [0.1, 0.15) is 39.7 Å². The number of fused-ring (bicyclic) bond motifs is 1. The van der Waals surface area contributed by atoms with E-state index in [1.807, 2.05) is 20.0 Å². The van der Waals surface area contributed by atoms with Crippen molar-refractivity contribution in [2.75, 3.05) is 0 Å². The predicted octanol–water partition coefficient (Wildman–Crippen LogP) is 4.73. The Morgan fingerprint density at radius 1 is 1.21 bits per heavy atom. The molecular formula is C17H24N2. The first kappa shape index (κ1) is 13.9. The van der Waals surface area contributed by atoms with Gasteiger partial charge in [-0.15, -0.1) is 0 Å². The Kier molecular flexibility index (Phi) is 4.08. The second kappa shape index (κ2) is 5.60. The summed E-state index contributed by atoms with van der Waals surface area (Å²) in [6.07, 6.45) is 3.21. The summed E-state index contributed by atoms with van der Waals surface area (Å²) < 4.78 is 2.15. The van der Waals surface area contributed by atoms with E-state index >= 15 is 0 Å². The SMILES string of the molecule is CC.CC1=C(C)C(Cn2ncc3cc(C)ccc32)C1. The average molecular weight is 256 g/mol. The maximum atomic E-state index is 4.51. The first-order valence-corrected chi connectivity index (χ1v) is 7.23. The molecule has 1 unspecified atom stereocenters. The van der Waals surface area contributed by atoms with Gasteiger partial charge in [-0.2, -0.15) is 5.10 Å². The molecule has 0 amide bonds. The molecule has 0 bridgehead atoms. The molecule has 1 heterocycles. The number of nitrogens with zero attached hydrogens (tertiary/aromatic N) is 2. The molecule has 0 radical (unpaired) electrons. The highest BCUT2D eigenvalue weighted by molar-refractivity contribution is 5.79. The Labute approximate surface area is 116 Å². The van der Waals surface area contributed by atoms with E-state index in [1.54, 1.807) is 11.1 Å². The second-order valence-electron chi connectivity index (χ2n) is 5.25. The lowest BCUT2D eigenvalue weighted by molar-refractivity contribution is 0.432. The van der Waals surface area contributed by atoms with Gasteiger partial charge < -0.3 is 0 Å². The molecule has 0 fully saturated rings. The van der Waals surface area contributed by atoms with Gasteiger partial charge >= 0.3 is 0 Å². The Hall–Kier alpha value is -1.57. The maximum absolute atomic E-state index is 4.51. The van der Waals surface area contributed by atoms with Crippen LogP contribution in [0.2, 0.25) is 0 Å². The van der Waals surface area contributed by atoms with E-state index in [4.69, 9.17) is 0 Å². The summed E-state index contributed by atoms with van der Waals surface area (Å²) in [6.45, 7) is 11.6. The predicted molar refractivity (Wildman–Crippen MR) is 82.3 cm³/mol. The summed E-state index contributed by atoms with van der Waals surface area (Å²) in [5.74, 6) is 0.694. The van der Waals surface area contributed by atoms with Crippen LogP contribution in [0, 0.1) is 12.8 Å². The Balaban J connectivity index is 0.000000637. The van der Waals surface area contributed by atoms with E-state index in [1.165, 1.54) is 22.9 Å². The Morgan fingerprint density at radius 2 is 1.95 bits per heavy atom. The van der Waals surface area contributed by atoms with Crippen molar-refractivity contribution in [3.05, 3.63) is 41.1 Å². The van der Waals surface area contributed by atoms with E-state index in [-0.39, 0.29) is 0 Å². The van der Waals surface area contributed by atoms with Crippen LogP contribution in [0.3, 0.4) is 0 Å². The number of benzene rings is 1. The van der Waals surface area contributed by atoms with Gasteiger partial charge in [0.2, 0.25) is 0 Å². The third-order valence-corrected chi connectivity index (χ3v) is 4.03. The number of allylic oxidation sites excluding steroid dienone is 2. The molecule has 2 heteroatoms. The lowest BCUT2D eigenvalue weighted by atomic mass is 9.79. The third-order valence-electron chi connectivity index (χ3n) is 4.03. The highest BCUT2D eigenvalue weighted by Gasteiger charge is 2.23. The molecule has 1 aromatic heterocycles. The van der Waals surface area contributed by atoms with Gasteiger partial charge in [-0.3, -0.25) is 4.68 Å². The average Bonchev–Trinajstić information content (AvgIpc) is 2.82. The van der Waals surface area contributed by atoms with Crippen LogP contribution < -0.4 is 0 Å². The molecule has 0 saturated heterocycles. The first-order valence-electron chi connectivity index (χ1n) is 7.23. The molecule has 1 atom stereocenters. The van der Waals surface area contributed by atoms with E-state index in [0.717, 1.165) is 6.54 Å². The van der Waals surface area contributed by atoms with Crippen LogP contribution in [0.25, 0.3) is 10.9 Å². The molecule has 0 aliphatic heterocycles. The van der Waals surface area contributed by atoms with Crippen LogP contribution in [0.15, 0.2) is 35.5 Å². The summed E-state index contributed by atoms with van der Waals surface area (Å²) >= 11 is 0. The summed E-state index contributed by atoms with van der Waals surface area (Å²) in [4.78, 5) is 0. The number of aryl methyl sites for hydroxylation is 1. The van der Waals surface area contributed by atoms with Crippen LogP contribution in [-0.4, -0.2) is 9.78 Å². The van der Waals surface area contributed by atoms with Crippen molar-refractivity contribution in [1.29, 1.82) is 0 Å². The van der Waals surface area contributed by atoms with Crippen LogP contribution in [0.5, 0.6) is 0 Å². The normalized spacial score (nSPS) is 18.1. The van der Waals surface area contributed by atoms with E-state index in [9.17, 15) is 0 Å². The lowest BCUT2D eigenvalue weighted by Gasteiger charge is -2.29. The molecule has 2 aromatic rings. The lowest BCUT2D eigenvalue weighted by Crippen LogP contribution is -2.21. The van der Waals surface area contributed by atoms with Crippen molar-refractivity contribution in [1.82, 2.24) is 9.78 Å². The fourth-order valence-electron chi connectivity index (χ4n) is 2.66. The summed E-state index contributed by atoms with van der Waals surface area (Å²) in [5.41, 5.74) is 5.67. The maximum Gasteiger partial charge on any atom is 0.0682 e. The second-order valence-corrected chi connectivity index (χ2v) is 5.25. The van der Waals surface area contributed by atoms with Crippen molar-refractivity contribution in [3.63, 3.8) is 0 Å². The zero-order chi connectivity index (χ0) is 14.0. The van der Waals surface area contributed by atoms with E-state index < -0.39 is 0 Å². The van der Waals surface area contributed by atoms with Crippen molar-refractivity contribution < 1.29 is 0 Å². The van der Waals surface area contributed by atoms with Crippen LogP contribution >= 0.6 is 0 Å². The van der Waals surface area contributed by atoms with Gasteiger partial charge in [-0.1, -0.05) is 36.6 Å². The molecule has 0 saturated carbocycles. The van der Waals surface area contributed by atoms with Crippen LogP contribution in [-0.2, 0) is 6.54 Å². The molecule has 1 aliphatic rings. The zero-order valence-corrected chi connectivity index (χ0v) is 12.7. The highest BCUT2D eigenvalue weighted by Crippen LogP contribution is 2.35. The fraction of sp³-hybridized carbons (Fsp3) is 0.471. The summed E-state index contributed by atoms with van der Waals surface area (Å²) in [6, 6.07) is 6.55. The minimum absolute atomic E-state index is 0.694. The van der Waals surface area contributed by atoms with Crippen molar-refractivity contribution in [2.24, 2.45) is 5.92 Å². The van der Waals surface area contributed by atoms with Crippen molar-refractivity contribution >= 4 is 10.9 Å². The smallest absolute Gasteiger partial charge is 0.0682 e. The fourth-order valence-corrected chi connectivity index (χ4v) is 2.66. The van der Waals surface area contributed by atoms with Gasteiger partial charge in [-0.05, 0) is 39.3 Å². The number of aromatic nitrogens is 2. The van der Waals surface area contributed by atoms with Gasteiger partial charge in [0.1, 0.15) is 0 Å². The molecule has 3 rings (SSSR count). The Bertz CT molecular complexity index is 605. The minimum Gasteiger partial charge on any atom is -0.264 e. The molecular weight excluding hydrogens is 232 g/mol.